The van der Waals surface area contributed by atoms with E-state index in [0.29, 0.717) is 35.3 Å². The van der Waals surface area contributed by atoms with Crippen molar-refractivity contribution in [1.82, 2.24) is 15.3 Å². The van der Waals surface area contributed by atoms with Crippen LogP contribution in [0.25, 0.3) is 0 Å². The van der Waals surface area contributed by atoms with Gasteiger partial charge in [-0.05, 0) is 37.5 Å². The number of anilines is 3. The van der Waals surface area contributed by atoms with E-state index in [1.807, 2.05) is 13.8 Å². The van der Waals surface area contributed by atoms with Gasteiger partial charge in [0, 0.05) is 25.7 Å². The number of nitrogens with one attached hydrogen (secondary N) is 2. The lowest BCUT2D eigenvalue weighted by molar-refractivity contribution is -0.125. The lowest BCUT2D eigenvalue weighted by Crippen LogP contribution is -2.44. The zero-order chi connectivity index (χ0) is 24.4. The fraction of sp³-hybridized carbons (Fsp3) is 0.500. The van der Waals surface area contributed by atoms with Crippen molar-refractivity contribution >= 4 is 29.3 Å². The predicted octanol–water partition coefficient (Wildman–Crippen LogP) is 3.14. The molecular formula is C24H34N6O3. The van der Waals surface area contributed by atoms with E-state index < -0.39 is 5.41 Å². The molecule has 0 radical (unpaired) electrons. The Hall–Kier alpha value is -3.36. The monoisotopic (exact) mass is 454 g/mol. The van der Waals surface area contributed by atoms with Crippen LogP contribution in [0.4, 0.5) is 17.5 Å². The molecule has 2 aromatic rings. The third-order valence-electron chi connectivity index (χ3n) is 5.37. The number of nitrogens with zero attached hydrogens (tertiary/aromatic N) is 4. The Morgan fingerprint density at radius 3 is 2.67 bits per heavy atom. The normalized spacial score (nSPS) is 15.5. The summed E-state index contributed by atoms with van der Waals surface area (Å²) in [6.07, 6.45) is 1.66. The van der Waals surface area contributed by atoms with Crippen molar-refractivity contribution in [2.75, 3.05) is 49.0 Å². The number of methoxy groups -OCH3 is 1. The average Bonchev–Trinajstić information content (AvgIpc) is 2.82. The van der Waals surface area contributed by atoms with E-state index in [4.69, 9.17) is 9.72 Å². The van der Waals surface area contributed by atoms with Crippen LogP contribution in [0.15, 0.2) is 30.5 Å². The number of carbonyl (C=O) groups is 2. The first-order valence-electron chi connectivity index (χ1n) is 11.0. The molecule has 33 heavy (non-hydrogen) atoms. The molecule has 0 fully saturated rings. The van der Waals surface area contributed by atoms with Crippen molar-refractivity contribution in [3.63, 3.8) is 0 Å². The highest BCUT2D eigenvalue weighted by Gasteiger charge is 2.39. The molecule has 0 unspecified atom stereocenters. The van der Waals surface area contributed by atoms with E-state index in [-0.39, 0.29) is 23.9 Å². The molecule has 2 N–H and O–H groups in total. The maximum atomic E-state index is 13.0. The maximum Gasteiger partial charge on any atom is 0.252 e. The van der Waals surface area contributed by atoms with E-state index in [1.54, 1.807) is 49.5 Å². The fourth-order valence-corrected chi connectivity index (χ4v) is 3.88. The Bertz CT molecular complexity index is 1030. The molecule has 178 valence electrons. The van der Waals surface area contributed by atoms with Gasteiger partial charge in [-0.15, -0.1) is 0 Å². The summed E-state index contributed by atoms with van der Waals surface area (Å²) in [6, 6.07) is 6.94. The first-order valence-corrected chi connectivity index (χ1v) is 11.0. The molecule has 0 aliphatic carbocycles. The van der Waals surface area contributed by atoms with Crippen LogP contribution in [0.5, 0.6) is 5.75 Å². The lowest BCUT2D eigenvalue weighted by Gasteiger charge is -2.34. The summed E-state index contributed by atoms with van der Waals surface area (Å²) < 4.78 is 5.17. The predicted molar refractivity (Wildman–Crippen MR) is 130 cm³/mol. The zero-order valence-corrected chi connectivity index (χ0v) is 20.5. The number of hydrogen-bond donors (Lipinski definition) is 2. The van der Waals surface area contributed by atoms with Crippen LogP contribution in [0.1, 0.15) is 45.0 Å². The van der Waals surface area contributed by atoms with Gasteiger partial charge in [0.15, 0.2) is 5.82 Å². The minimum absolute atomic E-state index is 0.00255. The Labute approximate surface area is 195 Å². The Morgan fingerprint density at radius 2 is 2.00 bits per heavy atom. The van der Waals surface area contributed by atoms with Crippen LogP contribution in [0.3, 0.4) is 0 Å². The van der Waals surface area contributed by atoms with Crippen molar-refractivity contribution in [2.45, 2.75) is 34.6 Å². The molecule has 0 saturated carbocycles. The molecule has 3 rings (SSSR count). The quantitative estimate of drug-likeness (QED) is 0.647. The van der Waals surface area contributed by atoms with Gasteiger partial charge in [-0.2, -0.15) is 4.98 Å². The lowest BCUT2D eigenvalue weighted by atomic mass is 9.89. The number of amides is 2. The first kappa shape index (κ1) is 24.3. The molecule has 1 aliphatic rings. The van der Waals surface area contributed by atoms with E-state index in [2.05, 4.69) is 41.3 Å². The van der Waals surface area contributed by atoms with Gasteiger partial charge in [0.1, 0.15) is 11.4 Å². The summed E-state index contributed by atoms with van der Waals surface area (Å²) >= 11 is 0. The van der Waals surface area contributed by atoms with Crippen LogP contribution < -0.4 is 25.2 Å². The number of carbonyl (C=O) groups excluding carboxylic acids is 2. The van der Waals surface area contributed by atoms with Gasteiger partial charge in [-0.1, -0.05) is 26.8 Å². The van der Waals surface area contributed by atoms with Crippen molar-refractivity contribution in [2.24, 2.45) is 10.8 Å². The molecule has 1 aromatic heterocycles. The Morgan fingerprint density at radius 1 is 1.27 bits per heavy atom. The molecule has 1 aromatic carbocycles. The number of ether oxygens (including phenoxy) is 1. The number of rotatable bonds is 6. The van der Waals surface area contributed by atoms with Crippen molar-refractivity contribution < 1.29 is 14.3 Å². The molecule has 2 amide bonds. The zero-order valence-electron chi connectivity index (χ0n) is 20.5. The smallest absolute Gasteiger partial charge is 0.252 e. The summed E-state index contributed by atoms with van der Waals surface area (Å²) in [4.78, 5) is 38.4. The van der Waals surface area contributed by atoms with E-state index in [9.17, 15) is 9.59 Å². The maximum absolute atomic E-state index is 13.0. The average molecular weight is 455 g/mol. The van der Waals surface area contributed by atoms with Crippen LogP contribution in [0, 0.1) is 10.8 Å². The minimum atomic E-state index is -0.570. The van der Waals surface area contributed by atoms with E-state index in [0.717, 1.165) is 6.54 Å². The Kier molecular flexibility index (Phi) is 6.81. The summed E-state index contributed by atoms with van der Waals surface area (Å²) in [5.74, 6) is 1.47. The molecular weight excluding hydrogens is 420 g/mol. The standard InChI is InChI=1S/C24H34N6O3/c1-23(2,3)13-30-14-24(4,5)21(32)29(6)18-12-25-22(28-19(18)30)27-15-26-20(31)16-9-8-10-17(11-16)33-7/h8-12H,13-15H2,1-7H3,(H,26,31)(H,25,27,28). The van der Waals surface area contributed by atoms with Gasteiger partial charge in [-0.25, -0.2) is 4.98 Å². The second kappa shape index (κ2) is 9.25. The van der Waals surface area contributed by atoms with E-state index >= 15 is 0 Å². The third kappa shape index (κ3) is 5.71. The highest BCUT2D eigenvalue weighted by atomic mass is 16.5. The van der Waals surface area contributed by atoms with Crippen molar-refractivity contribution in [1.29, 1.82) is 0 Å². The van der Waals surface area contributed by atoms with E-state index in [1.165, 1.54) is 0 Å². The van der Waals surface area contributed by atoms with Crippen molar-refractivity contribution in [3.8, 4) is 5.75 Å². The third-order valence-corrected chi connectivity index (χ3v) is 5.37. The second-order valence-electron chi connectivity index (χ2n) is 10.2. The molecule has 0 spiro atoms. The molecule has 9 heteroatoms. The molecule has 0 bridgehead atoms. The second-order valence-corrected chi connectivity index (χ2v) is 10.2. The van der Waals surface area contributed by atoms with Crippen LogP contribution >= 0.6 is 0 Å². The number of hydrogen-bond acceptors (Lipinski definition) is 7. The van der Waals surface area contributed by atoms with Gasteiger partial charge < -0.3 is 25.2 Å². The topological polar surface area (TPSA) is 99.7 Å². The van der Waals surface area contributed by atoms with Gasteiger partial charge in [0.25, 0.3) is 5.91 Å². The Balaban J connectivity index is 1.79. The van der Waals surface area contributed by atoms with Crippen molar-refractivity contribution in [3.05, 3.63) is 36.0 Å². The molecule has 1 aliphatic heterocycles. The van der Waals surface area contributed by atoms with Gasteiger partial charge in [0.2, 0.25) is 11.9 Å². The van der Waals surface area contributed by atoms with Gasteiger partial charge in [0.05, 0.1) is 25.4 Å². The number of fused-ring (bicyclic) bond motifs is 1. The van der Waals surface area contributed by atoms with Gasteiger partial charge in [-0.3, -0.25) is 9.59 Å². The molecule has 0 saturated heterocycles. The summed E-state index contributed by atoms with van der Waals surface area (Å²) in [5.41, 5.74) is 0.597. The van der Waals surface area contributed by atoms with Crippen LogP contribution in [-0.4, -0.2) is 55.7 Å². The SMILES string of the molecule is COc1cccc(C(=O)NCNc2ncc3c(n2)N(CC(C)(C)C)CC(C)(C)C(=O)N3C)c1. The highest BCUT2D eigenvalue weighted by molar-refractivity contribution is 6.00. The van der Waals surface area contributed by atoms with Crippen LogP contribution in [-0.2, 0) is 4.79 Å². The minimum Gasteiger partial charge on any atom is -0.497 e. The first-order chi connectivity index (χ1) is 15.4. The summed E-state index contributed by atoms with van der Waals surface area (Å²) in [7, 11) is 3.32. The van der Waals surface area contributed by atoms with Gasteiger partial charge >= 0.3 is 0 Å². The molecule has 2 heterocycles. The largest absolute Gasteiger partial charge is 0.497 e. The summed E-state index contributed by atoms with van der Waals surface area (Å²) in [6.45, 7) is 11.8. The molecule has 0 atom stereocenters. The highest BCUT2D eigenvalue weighted by Crippen LogP contribution is 2.37. The number of aromatic nitrogens is 2. The number of benzene rings is 1. The fourth-order valence-electron chi connectivity index (χ4n) is 3.88. The van der Waals surface area contributed by atoms with Crippen LogP contribution in [0.2, 0.25) is 0 Å². The molecule has 9 nitrogen and oxygen atoms in total. The summed E-state index contributed by atoms with van der Waals surface area (Å²) in [5, 5.41) is 5.86.